The van der Waals surface area contributed by atoms with Gasteiger partial charge in [0.05, 0.1) is 19.8 Å². The van der Waals surface area contributed by atoms with Gasteiger partial charge in [-0.05, 0) is 5.92 Å². The summed E-state index contributed by atoms with van der Waals surface area (Å²) < 4.78 is 49.2. The maximum Gasteiger partial charge on any atom is 0.340 e. The van der Waals surface area contributed by atoms with Gasteiger partial charge in [0.2, 0.25) is 17.8 Å². The van der Waals surface area contributed by atoms with Crippen LogP contribution in [0.5, 0.6) is 17.8 Å². The van der Waals surface area contributed by atoms with Gasteiger partial charge >= 0.3 is 16.1 Å². The summed E-state index contributed by atoms with van der Waals surface area (Å²) in [5.74, 6) is -0.368. The standard InChI is InChI=1S/C10H15FN2O5S/c1-6(2)7-8(16-3)12-10(17-4)13-9(7)18-19(14,15)5-11/h6H,5H2,1-4H3. The Morgan fingerprint density at radius 3 is 2.16 bits per heavy atom. The lowest BCUT2D eigenvalue weighted by molar-refractivity contribution is 0.337. The molecule has 0 aliphatic heterocycles. The van der Waals surface area contributed by atoms with E-state index in [-0.39, 0.29) is 23.7 Å². The highest BCUT2D eigenvalue weighted by Gasteiger charge is 2.24. The molecule has 1 aromatic heterocycles. The summed E-state index contributed by atoms with van der Waals surface area (Å²) in [4.78, 5) is 7.70. The van der Waals surface area contributed by atoms with Crippen LogP contribution in [0.4, 0.5) is 4.39 Å². The Morgan fingerprint density at radius 1 is 1.16 bits per heavy atom. The Morgan fingerprint density at radius 2 is 1.74 bits per heavy atom. The number of ether oxygens (including phenoxy) is 2. The van der Waals surface area contributed by atoms with Gasteiger partial charge < -0.3 is 13.7 Å². The molecule has 1 heterocycles. The highest BCUT2D eigenvalue weighted by molar-refractivity contribution is 7.86. The van der Waals surface area contributed by atoms with Crippen LogP contribution in [0, 0.1) is 0 Å². The van der Waals surface area contributed by atoms with Crippen molar-refractivity contribution in [2.45, 2.75) is 19.8 Å². The van der Waals surface area contributed by atoms with Crippen molar-refractivity contribution in [1.82, 2.24) is 9.97 Å². The van der Waals surface area contributed by atoms with Crippen LogP contribution in [0.1, 0.15) is 25.3 Å². The third-order valence-corrected chi connectivity index (χ3v) is 2.83. The van der Waals surface area contributed by atoms with E-state index in [4.69, 9.17) is 9.47 Å². The number of rotatable bonds is 6. The van der Waals surface area contributed by atoms with Crippen LogP contribution in [-0.4, -0.2) is 38.6 Å². The Kier molecular flexibility index (Phi) is 4.87. The normalized spacial score (nSPS) is 11.5. The van der Waals surface area contributed by atoms with Crippen LogP contribution in [-0.2, 0) is 10.1 Å². The Hall–Kier alpha value is -1.64. The molecule has 0 fully saturated rings. The van der Waals surface area contributed by atoms with Crippen LogP contribution in [0.2, 0.25) is 0 Å². The molecule has 0 saturated carbocycles. The second-order valence-electron chi connectivity index (χ2n) is 3.84. The van der Waals surface area contributed by atoms with Crippen LogP contribution in [0.3, 0.4) is 0 Å². The molecule has 7 nitrogen and oxygen atoms in total. The van der Waals surface area contributed by atoms with Gasteiger partial charge in [0.1, 0.15) is 0 Å². The van der Waals surface area contributed by atoms with E-state index >= 15 is 0 Å². The largest absolute Gasteiger partial charge is 0.481 e. The fourth-order valence-electron chi connectivity index (χ4n) is 1.36. The van der Waals surface area contributed by atoms with Crippen LogP contribution >= 0.6 is 0 Å². The molecule has 0 atom stereocenters. The zero-order valence-electron chi connectivity index (χ0n) is 11.0. The van der Waals surface area contributed by atoms with Gasteiger partial charge in [-0.1, -0.05) is 13.8 Å². The van der Waals surface area contributed by atoms with E-state index in [0.29, 0.717) is 5.56 Å². The predicted octanol–water partition coefficient (Wildman–Crippen LogP) is 1.25. The molecule has 1 rings (SSSR count). The minimum atomic E-state index is -4.35. The number of hydrogen-bond donors (Lipinski definition) is 0. The third-order valence-electron chi connectivity index (χ3n) is 2.15. The summed E-state index contributed by atoms with van der Waals surface area (Å²) in [6.07, 6.45) is 0. The number of methoxy groups -OCH3 is 2. The summed E-state index contributed by atoms with van der Waals surface area (Å²) in [6.45, 7) is 3.53. The van der Waals surface area contributed by atoms with Crippen molar-refractivity contribution in [3.05, 3.63) is 5.56 Å². The molecule has 1 aromatic rings. The maximum absolute atomic E-state index is 12.3. The first-order chi connectivity index (χ1) is 8.84. The number of aromatic nitrogens is 2. The molecular weight excluding hydrogens is 279 g/mol. The first-order valence-electron chi connectivity index (χ1n) is 5.32. The minimum Gasteiger partial charge on any atom is -0.481 e. The Labute approximate surface area is 110 Å². The summed E-state index contributed by atoms with van der Waals surface area (Å²) >= 11 is 0. The lowest BCUT2D eigenvalue weighted by Gasteiger charge is -2.15. The fourth-order valence-corrected chi connectivity index (χ4v) is 1.77. The summed E-state index contributed by atoms with van der Waals surface area (Å²) in [5.41, 5.74) is 0.320. The predicted molar refractivity (Wildman–Crippen MR) is 64.7 cm³/mol. The van der Waals surface area contributed by atoms with Crippen molar-refractivity contribution < 1.29 is 26.5 Å². The average molecular weight is 294 g/mol. The highest BCUT2D eigenvalue weighted by atomic mass is 32.2. The van der Waals surface area contributed by atoms with Crippen molar-refractivity contribution in [1.29, 1.82) is 0 Å². The van der Waals surface area contributed by atoms with Gasteiger partial charge in [0.25, 0.3) is 0 Å². The van der Waals surface area contributed by atoms with Gasteiger partial charge in [0, 0.05) is 0 Å². The SMILES string of the molecule is COc1nc(OC)c(C(C)C)c(OS(=O)(=O)CF)n1. The fraction of sp³-hybridized carbons (Fsp3) is 0.600. The van der Waals surface area contributed by atoms with E-state index < -0.39 is 16.1 Å². The molecule has 9 heteroatoms. The lowest BCUT2D eigenvalue weighted by atomic mass is 10.1. The quantitative estimate of drug-likeness (QED) is 0.730. The highest BCUT2D eigenvalue weighted by Crippen LogP contribution is 2.34. The molecule has 0 bridgehead atoms. The zero-order chi connectivity index (χ0) is 14.6. The molecule has 0 aliphatic rings. The first-order valence-corrected chi connectivity index (χ1v) is 6.90. The topological polar surface area (TPSA) is 87.6 Å². The van der Waals surface area contributed by atoms with Crippen LogP contribution in [0.25, 0.3) is 0 Å². The molecule has 19 heavy (non-hydrogen) atoms. The van der Waals surface area contributed by atoms with E-state index in [2.05, 4.69) is 14.2 Å². The minimum absolute atomic E-state index is 0.117. The van der Waals surface area contributed by atoms with Gasteiger partial charge in [-0.25, -0.2) is 4.39 Å². The molecule has 108 valence electrons. The monoisotopic (exact) mass is 294 g/mol. The van der Waals surface area contributed by atoms with Crippen molar-refractivity contribution in [3.63, 3.8) is 0 Å². The van der Waals surface area contributed by atoms with E-state index in [1.807, 2.05) is 0 Å². The van der Waals surface area contributed by atoms with E-state index in [9.17, 15) is 12.8 Å². The van der Waals surface area contributed by atoms with Crippen LogP contribution < -0.4 is 13.7 Å². The number of halogens is 1. The molecule has 0 spiro atoms. The van der Waals surface area contributed by atoms with Crippen LogP contribution in [0.15, 0.2) is 0 Å². The molecule has 0 N–H and O–H groups in total. The molecule has 0 radical (unpaired) electrons. The number of alkyl halides is 1. The average Bonchev–Trinajstić information content (AvgIpc) is 2.36. The molecule has 0 amide bonds. The molecule has 0 saturated heterocycles. The van der Waals surface area contributed by atoms with Crippen molar-refractivity contribution in [2.24, 2.45) is 0 Å². The second-order valence-corrected chi connectivity index (χ2v) is 5.34. The molecular formula is C10H15FN2O5S. The second kappa shape index (κ2) is 6.00. The Bertz CT molecular complexity index is 547. The van der Waals surface area contributed by atoms with E-state index in [1.165, 1.54) is 14.2 Å². The number of nitrogens with zero attached hydrogens (tertiary/aromatic N) is 2. The van der Waals surface area contributed by atoms with Gasteiger partial charge in [-0.2, -0.15) is 18.4 Å². The molecule has 0 aliphatic carbocycles. The van der Waals surface area contributed by atoms with Gasteiger partial charge in [-0.3, -0.25) is 0 Å². The smallest absolute Gasteiger partial charge is 0.340 e. The molecule has 0 aromatic carbocycles. The zero-order valence-corrected chi connectivity index (χ0v) is 11.8. The summed E-state index contributed by atoms with van der Waals surface area (Å²) in [7, 11) is -1.68. The lowest BCUT2D eigenvalue weighted by Crippen LogP contribution is -2.15. The maximum atomic E-state index is 12.3. The van der Waals surface area contributed by atoms with Crippen molar-refractivity contribution >= 4 is 10.1 Å². The van der Waals surface area contributed by atoms with Crippen molar-refractivity contribution in [2.75, 3.05) is 20.2 Å². The van der Waals surface area contributed by atoms with Gasteiger partial charge in [0.15, 0.2) is 0 Å². The first kappa shape index (κ1) is 15.4. The summed E-state index contributed by atoms with van der Waals surface area (Å²) in [5, 5.41) is 0. The van der Waals surface area contributed by atoms with E-state index in [1.54, 1.807) is 13.8 Å². The summed E-state index contributed by atoms with van der Waals surface area (Å²) in [6, 6.07) is -1.79. The van der Waals surface area contributed by atoms with Crippen molar-refractivity contribution in [3.8, 4) is 17.8 Å². The molecule has 0 unspecified atom stereocenters. The third kappa shape index (κ3) is 3.66. The number of hydrogen-bond acceptors (Lipinski definition) is 7. The Balaban J connectivity index is 3.41. The van der Waals surface area contributed by atoms with E-state index in [0.717, 1.165) is 0 Å². The van der Waals surface area contributed by atoms with Gasteiger partial charge in [-0.15, -0.1) is 0 Å².